The summed E-state index contributed by atoms with van der Waals surface area (Å²) in [5.74, 6) is 0.262. The van der Waals surface area contributed by atoms with Crippen molar-refractivity contribution in [2.45, 2.75) is 20.5 Å². The summed E-state index contributed by atoms with van der Waals surface area (Å²) < 4.78 is 6.34. The SMILES string of the molecule is Cc1cc(C)cc(NC(=O)COc2ccc(Br)cc2CO)c1. The van der Waals surface area contributed by atoms with Crippen molar-refractivity contribution in [3.8, 4) is 5.75 Å². The van der Waals surface area contributed by atoms with Gasteiger partial charge in [-0.25, -0.2) is 0 Å². The highest BCUT2D eigenvalue weighted by Gasteiger charge is 2.08. The molecule has 2 rings (SSSR count). The third kappa shape index (κ3) is 4.58. The van der Waals surface area contributed by atoms with Gasteiger partial charge in [0.05, 0.1) is 6.61 Å². The van der Waals surface area contributed by atoms with Crippen molar-refractivity contribution in [3.05, 3.63) is 57.6 Å². The number of ether oxygens (including phenoxy) is 1. The van der Waals surface area contributed by atoms with E-state index in [1.165, 1.54) is 0 Å². The molecule has 0 aliphatic rings. The molecule has 0 aromatic heterocycles. The quantitative estimate of drug-likeness (QED) is 0.853. The molecule has 0 unspecified atom stereocenters. The summed E-state index contributed by atoms with van der Waals surface area (Å²) in [6.45, 7) is 3.71. The zero-order valence-electron chi connectivity index (χ0n) is 12.5. The third-order valence-electron chi connectivity index (χ3n) is 3.06. The molecule has 0 aliphatic heterocycles. The van der Waals surface area contributed by atoms with Crippen LogP contribution >= 0.6 is 15.9 Å². The van der Waals surface area contributed by atoms with E-state index >= 15 is 0 Å². The van der Waals surface area contributed by atoms with E-state index in [0.29, 0.717) is 11.3 Å². The standard InChI is InChI=1S/C17H18BrNO3/c1-11-5-12(2)7-15(6-11)19-17(21)10-22-16-4-3-14(18)8-13(16)9-20/h3-8,20H,9-10H2,1-2H3,(H,19,21). The van der Waals surface area contributed by atoms with Crippen LogP contribution in [0, 0.1) is 13.8 Å². The van der Waals surface area contributed by atoms with Gasteiger partial charge in [-0.15, -0.1) is 0 Å². The molecule has 1 amide bonds. The lowest BCUT2D eigenvalue weighted by Gasteiger charge is -2.11. The number of carbonyl (C=O) groups excluding carboxylic acids is 1. The van der Waals surface area contributed by atoms with Crippen LogP contribution < -0.4 is 10.1 Å². The van der Waals surface area contributed by atoms with Crippen molar-refractivity contribution < 1.29 is 14.6 Å². The van der Waals surface area contributed by atoms with E-state index < -0.39 is 0 Å². The van der Waals surface area contributed by atoms with E-state index in [0.717, 1.165) is 21.3 Å². The third-order valence-corrected chi connectivity index (χ3v) is 3.55. The molecule has 0 aliphatic carbocycles. The summed E-state index contributed by atoms with van der Waals surface area (Å²) in [4.78, 5) is 12.0. The Labute approximate surface area is 138 Å². The van der Waals surface area contributed by atoms with Gasteiger partial charge in [-0.05, 0) is 55.3 Å². The van der Waals surface area contributed by atoms with Gasteiger partial charge < -0.3 is 15.2 Å². The summed E-state index contributed by atoms with van der Waals surface area (Å²) >= 11 is 3.33. The van der Waals surface area contributed by atoms with Gasteiger partial charge in [-0.2, -0.15) is 0 Å². The van der Waals surface area contributed by atoms with Gasteiger partial charge in [0.2, 0.25) is 0 Å². The van der Waals surface area contributed by atoms with Crippen molar-refractivity contribution in [1.82, 2.24) is 0 Å². The average molecular weight is 364 g/mol. The number of carbonyl (C=O) groups is 1. The molecule has 0 heterocycles. The zero-order chi connectivity index (χ0) is 16.1. The average Bonchev–Trinajstić information content (AvgIpc) is 2.44. The Balaban J connectivity index is 1.98. The highest BCUT2D eigenvalue weighted by atomic mass is 79.9. The Morgan fingerprint density at radius 1 is 1.18 bits per heavy atom. The van der Waals surface area contributed by atoms with E-state index in [2.05, 4.69) is 21.2 Å². The van der Waals surface area contributed by atoms with Crippen LogP contribution in [0.1, 0.15) is 16.7 Å². The van der Waals surface area contributed by atoms with Gasteiger partial charge in [0.25, 0.3) is 5.91 Å². The number of nitrogens with one attached hydrogen (secondary N) is 1. The van der Waals surface area contributed by atoms with E-state index in [4.69, 9.17) is 4.74 Å². The number of aliphatic hydroxyl groups is 1. The smallest absolute Gasteiger partial charge is 0.262 e. The largest absolute Gasteiger partial charge is 0.483 e. The summed E-state index contributed by atoms with van der Waals surface area (Å²) in [5, 5.41) is 12.1. The minimum atomic E-state index is -0.239. The molecule has 0 atom stereocenters. The lowest BCUT2D eigenvalue weighted by Crippen LogP contribution is -2.20. The number of hydrogen-bond donors (Lipinski definition) is 2. The van der Waals surface area contributed by atoms with Crippen LogP contribution in [0.15, 0.2) is 40.9 Å². The normalized spacial score (nSPS) is 10.4. The van der Waals surface area contributed by atoms with Gasteiger partial charge in [0, 0.05) is 15.7 Å². The Kier molecular flexibility index (Phi) is 5.57. The molecule has 0 saturated heterocycles. The Morgan fingerprint density at radius 2 is 1.86 bits per heavy atom. The second-order valence-electron chi connectivity index (χ2n) is 5.12. The van der Waals surface area contributed by atoms with Crippen LogP contribution in [0.2, 0.25) is 0 Å². The predicted octanol–water partition coefficient (Wildman–Crippen LogP) is 3.58. The lowest BCUT2D eigenvalue weighted by atomic mass is 10.1. The van der Waals surface area contributed by atoms with Crippen LogP contribution in [0.3, 0.4) is 0 Å². The summed E-state index contributed by atoms with van der Waals surface area (Å²) in [6.07, 6.45) is 0. The molecular formula is C17H18BrNO3. The molecule has 2 aromatic carbocycles. The molecule has 4 nitrogen and oxygen atoms in total. The van der Waals surface area contributed by atoms with Crippen molar-refractivity contribution in [2.24, 2.45) is 0 Å². The molecule has 0 spiro atoms. The monoisotopic (exact) mass is 363 g/mol. The van der Waals surface area contributed by atoms with Crippen LogP contribution in [0.4, 0.5) is 5.69 Å². The van der Waals surface area contributed by atoms with Crippen molar-refractivity contribution >= 4 is 27.5 Å². The van der Waals surface area contributed by atoms with Crippen molar-refractivity contribution in [2.75, 3.05) is 11.9 Å². The summed E-state index contributed by atoms with van der Waals surface area (Å²) in [7, 11) is 0. The molecule has 2 N–H and O–H groups in total. The van der Waals surface area contributed by atoms with Crippen LogP contribution in [-0.4, -0.2) is 17.6 Å². The molecule has 22 heavy (non-hydrogen) atoms. The molecule has 0 fully saturated rings. The first kappa shape index (κ1) is 16.5. The number of benzene rings is 2. The molecule has 0 saturated carbocycles. The summed E-state index contributed by atoms with van der Waals surface area (Å²) in [5.41, 5.74) is 3.57. The van der Waals surface area contributed by atoms with Gasteiger partial charge >= 0.3 is 0 Å². The Bertz CT molecular complexity index is 665. The molecule has 5 heteroatoms. The highest BCUT2D eigenvalue weighted by Crippen LogP contribution is 2.23. The maximum absolute atomic E-state index is 12.0. The van der Waals surface area contributed by atoms with E-state index in [-0.39, 0.29) is 19.1 Å². The predicted molar refractivity (Wildman–Crippen MR) is 90.1 cm³/mol. The second kappa shape index (κ2) is 7.42. The van der Waals surface area contributed by atoms with Crippen LogP contribution in [0.25, 0.3) is 0 Å². The fourth-order valence-electron chi connectivity index (χ4n) is 2.20. The first-order chi connectivity index (χ1) is 10.5. The maximum Gasteiger partial charge on any atom is 0.262 e. The first-order valence-corrected chi connectivity index (χ1v) is 7.67. The fourth-order valence-corrected chi connectivity index (χ4v) is 2.61. The number of amides is 1. The number of aryl methyl sites for hydroxylation is 2. The van der Waals surface area contributed by atoms with E-state index in [9.17, 15) is 9.90 Å². The molecular weight excluding hydrogens is 346 g/mol. The van der Waals surface area contributed by atoms with Crippen molar-refractivity contribution in [1.29, 1.82) is 0 Å². The number of halogens is 1. The van der Waals surface area contributed by atoms with Gasteiger partial charge in [0.15, 0.2) is 6.61 Å². The number of anilines is 1. The number of rotatable bonds is 5. The Morgan fingerprint density at radius 3 is 2.50 bits per heavy atom. The zero-order valence-corrected chi connectivity index (χ0v) is 14.1. The minimum Gasteiger partial charge on any atom is -0.483 e. The van der Waals surface area contributed by atoms with Crippen molar-refractivity contribution in [3.63, 3.8) is 0 Å². The summed E-state index contributed by atoms with van der Waals surface area (Å²) in [6, 6.07) is 11.1. The van der Waals surface area contributed by atoms with Crippen LogP contribution in [0.5, 0.6) is 5.75 Å². The fraction of sp³-hybridized carbons (Fsp3) is 0.235. The van der Waals surface area contributed by atoms with Gasteiger partial charge in [-0.1, -0.05) is 22.0 Å². The maximum atomic E-state index is 12.0. The first-order valence-electron chi connectivity index (χ1n) is 6.88. The van der Waals surface area contributed by atoms with Gasteiger partial charge in [-0.3, -0.25) is 4.79 Å². The molecule has 0 radical (unpaired) electrons. The number of aliphatic hydroxyl groups excluding tert-OH is 1. The Hall–Kier alpha value is -1.85. The van der Waals surface area contributed by atoms with E-state index in [1.807, 2.05) is 32.0 Å². The second-order valence-corrected chi connectivity index (χ2v) is 6.04. The molecule has 116 valence electrons. The molecule has 0 bridgehead atoms. The van der Waals surface area contributed by atoms with Gasteiger partial charge in [0.1, 0.15) is 5.75 Å². The highest BCUT2D eigenvalue weighted by molar-refractivity contribution is 9.10. The van der Waals surface area contributed by atoms with Crippen LogP contribution in [-0.2, 0) is 11.4 Å². The minimum absolute atomic E-state index is 0.110. The topological polar surface area (TPSA) is 58.6 Å². The number of hydrogen-bond acceptors (Lipinski definition) is 3. The van der Waals surface area contributed by atoms with E-state index in [1.54, 1.807) is 18.2 Å². The molecule has 2 aromatic rings. The lowest BCUT2D eigenvalue weighted by molar-refractivity contribution is -0.118.